The van der Waals surface area contributed by atoms with Gasteiger partial charge in [0.2, 0.25) is 0 Å². The third kappa shape index (κ3) is 1.98. The molecule has 0 aliphatic heterocycles. The fourth-order valence-corrected chi connectivity index (χ4v) is 1.59. The molecule has 0 radical (unpaired) electrons. The Balaban J connectivity index is 2.32. The maximum atomic E-state index is 11.4. The SMILES string of the molecule is C=C(C)C(=O)Nc1ccc2[nH]c(C)cc2c1. The Bertz CT molecular complexity index is 566. The predicted octanol–water partition coefficient (Wildman–Crippen LogP) is 2.99. The number of carbonyl (C=O) groups excluding carboxylic acids is 1. The molecule has 1 amide bonds. The first kappa shape index (κ1) is 10.5. The molecule has 0 aliphatic rings. The number of carbonyl (C=O) groups is 1. The van der Waals surface area contributed by atoms with Crippen molar-refractivity contribution >= 4 is 22.5 Å². The molecule has 1 heterocycles. The van der Waals surface area contributed by atoms with Gasteiger partial charge in [0.1, 0.15) is 0 Å². The first-order chi connectivity index (χ1) is 7.56. The molecule has 0 fully saturated rings. The van der Waals surface area contributed by atoms with Gasteiger partial charge in [-0.1, -0.05) is 6.58 Å². The van der Waals surface area contributed by atoms with Crippen LogP contribution in [0.3, 0.4) is 0 Å². The van der Waals surface area contributed by atoms with Crippen molar-refractivity contribution < 1.29 is 4.79 Å². The summed E-state index contributed by atoms with van der Waals surface area (Å²) in [5.74, 6) is -0.147. The average Bonchev–Trinajstić information content (AvgIpc) is 2.57. The lowest BCUT2D eigenvalue weighted by Crippen LogP contribution is -2.11. The van der Waals surface area contributed by atoms with Gasteiger partial charge in [-0.2, -0.15) is 0 Å². The lowest BCUT2D eigenvalue weighted by molar-refractivity contribution is -0.112. The van der Waals surface area contributed by atoms with Gasteiger partial charge in [0.05, 0.1) is 0 Å². The molecule has 3 nitrogen and oxygen atoms in total. The summed E-state index contributed by atoms with van der Waals surface area (Å²) in [6.45, 7) is 7.29. The van der Waals surface area contributed by atoms with E-state index in [1.165, 1.54) is 0 Å². The predicted molar refractivity (Wildman–Crippen MR) is 66.5 cm³/mol. The van der Waals surface area contributed by atoms with Crippen LogP contribution >= 0.6 is 0 Å². The minimum atomic E-state index is -0.147. The second-order valence-electron chi connectivity index (χ2n) is 3.99. The molecule has 16 heavy (non-hydrogen) atoms. The molecule has 1 aromatic heterocycles. The van der Waals surface area contributed by atoms with Crippen molar-refractivity contribution in [1.29, 1.82) is 0 Å². The highest BCUT2D eigenvalue weighted by molar-refractivity contribution is 6.03. The van der Waals surface area contributed by atoms with E-state index in [-0.39, 0.29) is 5.91 Å². The van der Waals surface area contributed by atoms with E-state index in [0.29, 0.717) is 5.57 Å². The lowest BCUT2D eigenvalue weighted by Gasteiger charge is -2.04. The Labute approximate surface area is 94.2 Å². The van der Waals surface area contributed by atoms with Crippen LogP contribution < -0.4 is 5.32 Å². The molecule has 2 aromatic rings. The number of nitrogens with one attached hydrogen (secondary N) is 2. The topological polar surface area (TPSA) is 44.9 Å². The molecule has 0 aliphatic carbocycles. The molecule has 0 atom stereocenters. The third-order valence-electron chi connectivity index (χ3n) is 2.40. The highest BCUT2D eigenvalue weighted by Gasteiger charge is 2.04. The minimum absolute atomic E-state index is 0.147. The number of benzene rings is 1. The quantitative estimate of drug-likeness (QED) is 0.741. The fraction of sp³-hybridized carbons (Fsp3) is 0.154. The van der Waals surface area contributed by atoms with Crippen LogP contribution in [-0.2, 0) is 4.79 Å². The van der Waals surface area contributed by atoms with Gasteiger partial charge < -0.3 is 10.3 Å². The van der Waals surface area contributed by atoms with Crippen molar-refractivity contribution in [2.24, 2.45) is 0 Å². The Morgan fingerprint density at radius 2 is 2.12 bits per heavy atom. The van der Waals surface area contributed by atoms with E-state index in [9.17, 15) is 4.79 Å². The summed E-state index contributed by atoms with van der Waals surface area (Å²) in [6.07, 6.45) is 0. The zero-order chi connectivity index (χ0) is 11.7. The van der Waals surface area contributed by atoms with E-state index >= 15 is 0 Å². The van der Waals surface area contributed by atoms with Crippen LogP contribution in [-0.4, -0.2) is 10.9 Å². The van der Waals surface area contributed by atoms with Gasteiger partial charge in [-0.25, -0.2) is 0 Å². The Morgan fingerprint density at radius 3 is 2.81 bits per heavy atom. The number of aryl methyl sites for hydroxylation is 1. The van der Waals surface area contributed by atoms with E-state index in [0.717, 1.165) is 22.3 Å². The Kier molecular flexibility index (Phi) is 2.52. The third-order valence-corrected chi connectivity index (χ3v) is 2.40. The molecule has 0 bridgehead atoms. The average molecular weight is 214 g/mol. The van der Waals surface area contributed by atoms with E-state index in [1.807, 2.05) is 31.2 Å². The van der Waals surface area contributed by atoms with Crippen LogP contribution in [0.5, 0.6) is 0 Å². The van der Waals surface area contributed by atoms with E-state index in [2.05, 4.69) is 16.9 Å². The second kappa shape index (κ2) is 3.85. The smallest absolute Gasteiger partial charge is 0.250 e. The van der Waals surface area contributed by atoms with Crippen molar-refractivity contribution in [3.8, 4) is 0 Å². The molecule has 0 unspecified atom stereocenters. The maximum Gasteiger partial charge on any atom is 0.250 e. The Morgan fingerprint density at radius 1 is 1.38 bits per heavy atom. The zero-order valence-electron chi connectivity index (χ0n) is 9.42. The summed E-state index contributed by atoms with van der Waals surface area (Å²) in [5.41, 5.74) is 3.48. The minimum Gasteiger partial charge on any atom is -0.359 e. The Hall–Kier alpha value is -2.03. The van der Waals surface area contributed by atoms with Crippen LogP contribution in [0.15, 0.2) is 36.4 Å². The molecule has 2 rings (SSSR count). The number of fused-ring (bicyclic) bond motifs is 1. The zero-order valence-corrected chi connectivity index (χ0v) is 9.42. The van der Waals surface area contributed by atoms with Crippen molar-refractivity contribution in [2.75, 3.05) is 5.32 Å². The normalized spacial score (nSPS) is 10.4. The van der Waals surface area contributed by atoms with Gasteiger partial charge >= 0.3 is 0 Å². The largest absolute Gasteiger partial charge is 0.359 e. The van der Waals surface area contributed by atoms with Crippen LogP contribution in [0.2, 0.25) is 0 Å². The van der Waals surface area contributed by atoms with Crippen molar-refractivity contribution in [2.45, 2.75) is 13.8 Å². The molecule has 3 heteroatoms. The standard InChI is InChI=1S/C13H14N2O/c1-8(2)13(16)15-11-4-5-12-10(7-11)6-9(3)14-12/h4-7,14H,1H2,2-3H3,(H,15,16). The number of hydrogen-bond acceptors (Lipinski definition) is 1. The van der Waals surface area contributed by atoms with Crippen LogP contribution in [0.4, 0.5) is 5.69 Å². The van der Waals surface area contributed by atoms with Gasteiger partial charge in [0, 0.05) is 27.9 Å². The molecule has 2 N–H and O–H groups in total. The van der Waals surface area contributed by atoms with Crippen LogP contribution in [0.1, 0.15) is 12.6 Å². The monoisotopic (exact) mass is 214 g/mol. The van der Waals surface area contributed by atoms with Gasteiger partial charge in [-0.15, -0.1) is 0 Å². The number of rotatable bonds is 2. The highest BCUT2D eigenvalue weighted by atomic mass is 16.1. The van der Waals surface area contributed by atoms with Crippen molar-refractivity contribution in [3.63, 3.8) is 0 Å². The summed E-state index contributed by atoms with van der Waals surface area (Å²) in [5, 5.41) is 3.88. The van der Waals surface area contributed by atoms with Gasteiger partial charge in [-0.3, -0.25) is 4.79 Å². The summed E-state index contributed by atoms with van der Waals surface area (Å²) < 4.78 is 0. The van der Waals surface area contributed by atoms with Crippen LogP contribution in [0.25, 0.3) is 10.9 Å². The fourth-order valence-electron chi connectivity index (χ4n) is 1.59. The van der Waals surface area contributed by atoms with Gasteiger partial charge in [0.15, 0.2) is 0 Å². The number of hydrogen-bond donors (Lipinski definition) is 2. The maximum absolute atomic E-state index is 11.4. The molecule has 0 spiro atoms. The van der Waals surface area contributed by atoms with Crippen molar-refractivity contribution in [3.05, 3.63) is 42.1 Å². The van der Waals surface area contributed by atoms with Gasteiger partial charge in [0.25, 0.3) is 5.91 Å². The van der Waals surface area contributed by atoms with Crippen LogP contribution in [0, 0.1) is 6.92 Å². The number of aromatic nitrogens is 1. The molecular formula is C13H14N2O. The van der Waals surface area contributed by atoms with E-state index in [4.69, 9.17) is 0 Å². The number of H-pyrrole nitrogens is 1. The highest BCUT2D eigenvalue weighted by Crippen LogP contribution is 2.20. The van der Waals surface area contributed by atoms with Gasteiger partial charge in [-0.05, 0) is 38.1 Å². The first-order valence-electron chi connectivity index (χ1n) is 5.12. The molecule has 0 saturated heterocycles. The number of aromatic amines is 1. The molecular weight excluding hydrogens is 200 g/mol. The van der Waals surface area contributed by atoms with E-state index < -0.39 is 0 Å². The second-order valence-corrected chi connectivity index (χ2v) is 3.99. The summed E-state index contributed by atoms with van der Waals surface area (Å²) in [4.78, 5) is 14.7. The summed E-state index contributed by atoms with van der Waals surface area (Å²) >= 11 is 0. The molecule has 1 aromatic carbocycles. The van der Waals surface area contributed by atoms with E-state index in [1.54, 1.807) is 6.92 Å². The summed E-state index contributed by atoms with van der Waals surface area (Å²) in [7, 11) is 0. The lowest BCUT2D eigenvalue weighted by atomic mass is 10.2. The van der Waals surface area contributed by atoms with Crippen molar-refractivity contribution in [1.82, 2.24) is 4.98 Å². The number of amides is 1. The number of anilines is 1. The molecule has 82 valence electrons. The molecule has 0 saturated carbocycles. The first-order valence-corrected chi connectivity index (χ1v) is 5.12. The summed E-state index contributed by atoms with van der Waals surface area (Å²) in [6, 6.07) is 7.82.